The summed E-state index contributed by atoms with van der Waals surface area (Å²) in [5.41, 5.74) is 0. The van der Waals surface area contributed by atoms with Gasteiger partial charge in [0.25, 0.3) is 0 Å². The Morgan fingerprint density at radius 1 is 0.667 bits per heavy atom. The fourth-order valence-electron chi connectivity index (χ4n) is 3.87. The molecule has 0 aliphatic carbocycles. The second kappa shape index (κ2) is 21.2. The van der Waals surface area contributed by atoms with E-state index in [1.165, 1.54) is 57.8 Å². The molecule has 2 atom stereocenters. The molecule has 0 saturated heterocycles. The van der Waals surface area contributed by atoms with E-state index in [1.807, 2.05) is 0 Å². The Morgan fingerprint density at radius 2 is 1.20 bits per heavy atom. The lowest BCUT2D eigenvalue weighted by molar-refractivity contribution is -0.152. The maximum absolute atomic E-state index is 12.0. The van der Waals surface area contributed by atoms with Gasteiger partial charge in [0.1, 0.15) is 6.10 Å². The molecule has 0 saturated carbocycles. The van der Waals surface area contributed by atoms with E-state index in [4.69, 9.17) is 9.47 Å². The highest BCUT2D eigenvalue weighted by molar-refractivity contribution is 5.72. The van der Waals surface area contributed by atoms with Crippen molar-refractivity contribution >= 4 is 11.9 Å². The minimum absolute atomic E-state index is 0.00883. The van der Waals surface area contributed by atoms with Crippen LogP contribution in [0.15, 0.2) is 0 Å². The van der Waals surface area contributed by atoms with Gasteiger partial charge < -0.3 is 9.47 Å². The molecule has 0 aromatic carbocycles. The van der Waals surface area contributed by atoms with E-state index in [2.05, 4.69) is 27.7 Å². The van der Waals surface area contributed by atoms with Crippen LogP contribution in [0.1, 0.15) is 137 Å². The number of carbonyl (C=O) groups excluding carboxylic acids is 2. The van der Waals surface area contributed by atoms with Gasteiger partial charge in [-0.05, 0) is 31.6 Å². The van der Waals surface area contributed by atoms with Gasteiger partial charge in [0, 0.05) is 12.8 Å². The van der Waals surface area contributed by atoms with Crippen LogP contribution < -0.4 is 0 Å². The number of hydrogen-bond acceptors (Lipinski definition) is 4. The normalized spacial score (nSPS) is 13.1. The Bertz CT molecular complexity index is 408. The molecule has 0 aromatic rings. The van der Waals surface area contributed by atoms with Crippen LogP contribution in [-0.2, 0) is 19.1 Å². The van der Waals surface area contributed by atoms with Crippen molar-refractivity contribution in [3.05, 3.63) is 0 Å². The summed E-state index contributed by atoms with van der Waals surface area (Å²) in [5.74, 6) is 0.00366. The van der Waals surface area contributed by atoms with E-state index < -0.39 is 0 Å². The number of hydrogen-bond donors (Lipinski definition) is 0. The van der Waals surface area contributed by atoms with Crippen molar-refractivity contribution in [2.24, 2.45) is 5.92 Å². The summed E-state index contributed by atoms with van der Waals surface area (Å²) >= 11 is 0. The second-order valence-electron chi connectivity index (χ2n) is 8.81. The van der Waals surface area contributed by atoms with Crippen molar-refractivity contribution in [3.8, 4) is 0 Å². The van der Waals surface area contributed by atoms with Crippen LogP contribution in [-0.4, -0.2) is 24.6 Å². The number of esters is 2. The van der Waals surface area contributed by atoms with Gasteiger partial charge in [0.15, 0.2) is 0 Å². The fourth-order valence-corrected chi connectivity index (χ4v) is 3.87. The lowest BCUT2D eigenvalue weighted by atomic mass is 9.97. The Balaban J connectivity index is 3.54. The Labute approximate surface area is 186 Å². The quantitative estimate of drug-likeness (QED) is 0.139. The van der Waals surface area contributed by atoms with E-state index in [9.17, 15) is 9.59 Å². The molecule has 0 radical (unpaired) electrons. The molecule has 0 aliphatic heterocycles. The predicted molar refractivity (Wildman–Crippen MR) is 126 cm³/mol. The van der Waals surface area contributed by atoms with E-state index in [0.29, 0.717) is 31.8 Å². The lowest BCUT2D eigenvalue weighted by Crippen LogP contribution is -2.24. The molecule has 0 N–H and O–H groups in total. The van der Waals surface area contributed by atoms with Crippen LogP contribution in [0.4, 0.5) is 0 Å². The van der Waals surface area contributed by atoms with Crippen LogP contribution in [0.25, 0.3) is 0 Å². The van der Waals surface area contributed by atoms with Crippen molar-refractivity contribution in [1.29, 1.82) is 0 Å². The van der Waals surface area contributed by atoms with E-state index in [0.717, 1.165) is 32.1 Å². The van der Waals surface area contributed by atoms with Crippen molar-refractivity contribution < 1.29 is 19.1 Å². The van der Waals surface area contributed by atoms with Gasteiger partial charge in [-0.15, -0.1) is 0 Å². The molecule has 0 rings (SSSR count). The summed E-state index contributed by atoms with van der Waals surface area (Å²) in [7, 11) is 0. The number of unbranched alkanes of at least 4 members (excludes halogenated alkanes) is 10. The molecule has 0 fully saturated rings. The topological polar surface area (TPSA) is 52.6 Å². The van der Waals surface area contributed by atoms with Crippen molar-refractivity contribution in [1.82, 2.24) is 0 Å². The molecule has 2 unspecified atom stereocenters. The van der Waals surface area contributed by atoms with Crippen molar-refractivity contribution in [3.63, 3.8) is 0 Å². The van der Waals surface area contributed by atoms with Crippen molar-refractivity contribution in [2.45, 2.75) is 143 Å². The third-order valence-electron chi connectivity index (χ3n) is 5.84. The third-order valence-corrected chi connectivity index (χ3v) is 5.84. The SMILES string of the molecule is CCCCCCCCCCCCCOC(=O)CCCC(=O)OC(CC)C(C)CCC. The van der Waals surface area contributed by atoms with Gasteiger partial charge in [0.2, 0.25) is 0 Å². The average Bonchev–Trinajstić information content (AvgIpc) is 2.73. The van der Waals surface area contributed by atoms with Crippen LogP contribution in [0.5, 0.6) is 0 Å². The molecule has 4 heteroatoms. The number of carbonyl (C=O) groups is 2. The summed E-state index contributed by atoms with van der Waals surface area (Å²) in [4.78, 5) is 23.8. The van der Waals surface area contributed by atoms with Crippen LogP contribution in [0.2, 0.25) is 0 Å². The molecular formula is C26H50O4. The first-order valence-corrected chi connectivity index (χ1v) is 12.9. The van der Waals surface area contributed by atoms with Gasteiger partial charge >= 0.3 is 11.9 Å². The van der Waals surface area contributed by atoms with Crippen LogP contribution in [0.3, 0.4) is 0 Å². The molecule has 0 bridgehead atoms. The molecular weight excluding hydrogens is 376 g/mol. The molecule has 0 aromatic heterocycles. The zero-order valence-corrected chi connectivity index (χ0v) is 20.5. The molecule has 0 amide bonds. The predicted octanol–water partition coefficient (Wildman–Crippen LogP) is 7.77. The number of rotatable bonds is 21. The fraction of sp³-hybridized carbons (Fsp3) is 0.923. The highest BCUT2D eigenvalue weighted by atomic mass is 16.5. The summed E-state index contributed by atoms with van der Waals surface area (Å²) in [6.07, 6.45) is 18.2. The Morgan fingerprint density at radius 3 is 1.73 bits per heavy atom. The van der Waals surface area contributed by atoms with Gasteiger partial charge in [-0.1, -0.05) is 98.3 Å². The zero-order chi connectivity index (χ0) is 22.5. The van der Waals surface area contributed by atoms with E-state index >= 15 is 0 Å². The highest BCUT2D eigenvalue weighted by Crippen LogP contribution is 2.18. The minimum atomic E-state index is -0.193. The highest BCUT2D eigenvalue weighted by Gasteiger charge is 2.19. The maximum Gasteiger partial charge on any atom is 0.306 e. The van der Waals surface area contributed by atoms with Crippen LogP contribution in [0, 0.1) is 5.92 Å². The lowest BCUT2D eigenvalue weighted by Gasteiger charge is -2.22. The smallest absolute Gasteiger partial charge is 0.306 e. The first-order chi connectivity index (χ1) is 14.5. The van der Waals surface area contributed by atoms with Gasteiger partial charge in [0.05, 0.1) is 6.61 Å². The molecule has 0 heterocycles. The number of ether oxygens (including phenoxy) is 2. The first kappa shape index (κ1) is 28.9. The van der Waals surface area contributed by atoms with Gasteiger partial charge in [-0.25, -0.2) is 0 Å². The maximum atomic E-state index is 12.0. The standard InChI is InChI=1S/C26H50O4/c1-5-8-9-10-11-12-13-14-15-16-17-22-29-25(27)20-18-21-26(28)30-24(7-3)23(4)19-6-2/h23-24H,5-22H2,1-4H3. The summed E-state index contributed by atoms with van der Waals surface area (Å²) in [6.45, 7) is 9.10. The average molecular weight is 427 g/mol. The summed E-state index contributed by atoms with van der Waals surface area (Å²) < 4.78 is 10.9. The second-order valence-corrected chi connectivity index (χ2v) is 8.81. The first-order valence-electron chi connectivity index (χ1n) is 12.9. The summed E-state index contributed by atoms with van der Waals surface area (Å²) in [6, 6.07) is 0. The van der Waals surface area contributed by atoms with Gasteiger partial charge in [-0.3, -0.25) is 9.59 Å². The minimum Gasteiger partial charge on any atom is -0.466 e. The van der Waals surface area contributed by atoms with Crippen LogP contribution >= 0.6 is 0 Å². The van der Waals surface area contributed by atoms with Crippen molar-refractivity contribution in [2.75, 3.05) is 6.61 Å². The van der Waals surface area contributed by atoms with E-state index in [1.54, 1.807) is 0 Å². The molecule has 30 heavy (non-hydrogen) atoms. The third kappa shape index (κ3) is 17.8. The molecule has 0 aliphatic rings. The molecule has 178 valence electrons. The molecule has 0 spiro atoms. The van der Waals surface area contributed by atoms with Gasteiger partial charge in [-0.2, -0.15) is 0 Å². The van der Waals surface area contributed by atoms with E-state index in [-0.39, 0.29) is 18.0 Å². The largest absolute Gasteiger partial charge is 0.466 e. The zero-order valence-electron chi connectivity index (χ0n) is 20.5. The summed E-state index contributed by atoms with van der Waals surface area (Å²) in [5, 5.41) is 0. The Hall–Kier alpha value is -1.06. The monoisotopic (exact) mass is 426 g/mol. The Kier molecular flexibility index (Phi) is 20.4. The molecule has 4 nitrogen and oxygen atoms in total.